The Morgan fingerprint density at radius 1 is 1.53 bits per heavy atom. The normalized spacial score (nSPS) is 15.4. The second kappa shape index (κ2) is 4.23. The van der Waals surface area contributed by atoms with Crippen molar-refractivity contribution in [1.82, 2.24) is 20.1 Å². The SMILES string of the molecule is Cc1nn(C)cc1-c1csc(CNC2CC2)n1. The van der Waals surface area contributed by atoms with E-state index in [2.05, 4.69) is 20.8 Å². The summed E-state index contributed by atoms with van der Waals surface area (Å²) in [5, 5.41) is 11.1. The molecule has 0 atom stereocenters. The molecule has 0 radical (unpaired) electrons. The predicted octanol–water partition coefficient (Wildman–Crippen LogP) is 2.10. The molecule has 0 saturated heterocycles. The van der Waals surface area contributed by atoms with E-state index in [1.54, 1.807) is 11.3 Å². The van der Waals surface area contributed by atoms with Gasteiger partial charge in [0.15, 0.2) is 0 Å². The van der Waals surface area contributed by atoms with Gasteiger partial charge in [-0.15, -0.1) is 11.3 Å². The molecule has 4 nitrogen and oxygen atoms in total. The van der Waals surface area contributed by atoms with Crippen molar-refractivity contribution in [2.75, 3.05) is 0 Å². The van der Waals surface area contributed by atoms with Crippen LogP contribution in [0.3, 0.4) is 0 Å². The fourth-order valence-electron chi connectivity index (χ4n) is 1.89. The third-order valence-corrected chi connectivity index (χ3v) is 3.81. The van der Waals surface area contributed by atoms with Crippen molar-refractivity contribution in [3.63, 3.8) is 0 Å². The van der Waals surface area contributed by atoms with Gasteiger partial charge in [-0.2, -0.15) is 5.10 Å². The van der Waals surface area contributed by atoms with E-state index in [9.17, 15) is 0 Å². The molecule has 1 aliphatic carbocycles. The first-order valence-corrected chi connectivity index (χ1v) is 6.79. The third kappa shape index (κ3) is 2.40. The van der Waals surface area contributed by atoms with Crippen molar-refractivity contribution in [1.29, 1.82) is 0 Å². The largest absolute Gasteiger partial charge is 0.308 e. The van der Waals surface area contributed by atoms with E-state index in [-0.39, 0.29) is 0 Å². The first kappa shape index (κ1) is 10.9. The van der Waals surface area contributed by atoms with Crippen LogP contribution in [0.1, 0.15) is 23.5 Å². The summed E-state index contributed by atoms with van der Waals surface area (Å²) in [7, 11) is 1.94. The molecule has 2 heterocycles. The van der Waals surface area contributed by atoms with Crippen LogP contribution >= 0.6 is 11.3 Å². The minimum absolute atomic E-state index is 0.738. The molecule has 0 aliphatic heterocycles. The lowest BCUT2D eigenvalue weighted by atomic mass is 10.2. The Balaban J connectivity index is 1.76. The van der Waals surface area contributed by atoms with Crippen molar-refractivity contribution < 1.29 is 0 Å². The summed E-state index contributed by atoms with van der Waals surface area (Å²) < 4.78 is 1.84. The standard InChI is InChI=1S/C12H16N4S/c1-8-10(6-16(2)15-8)11-7-17-12(14-11)5-13-9-3-4-9/h6-7,9,13H,3-5H2,1-2H3. The highest BCUT2D eigenvalue weighted by molar-refractivity contribution is 7.09. The molecule has 0 aromatic carbocycles. The summed E-state index contributed by atoms with van der Waals surface area (Å²) in [5.41, 5.74) is 3.23. The molecule has 3 rings (SSSR count). The average molecular weight is 248 g/mol. The van der Waals surface area contributed by atoms with Gasteiger partial charge >= 0.3 is 0 Å². The van der Waals surface area contributed by atoms with Crippen LogP contribution in [0.15, 0.2) is 11.6 Å². The predicted molar refractivity (Wildman–Crippen MR) is 68.9 cm³/mol. The maximum absolute atomic E-state index is 4.66. The summed E-state index contributed by atoms with van der Waals surface area (Å²) >= 11 is 1.72. The van der Waals surface area contributed by atoms with Crippen molar-refractivity contribution in [3.05, 3.63) is 22.3 Å². The molecule has 0 unspecified atom stereocenters. The zero-order valence-corrected chi connectivity index (χ0v) is 10.9. The minimum atomic E-state index is 0.738. The second-order valence-corrected chi connectivity index (χ2v) is 5.53. The summed E-state index contributed by atoms with van der Waals surface area (Å²) in [4.78, 5) is 4.66. The monoisotopic (exact) mass is 248 g/mol. The molecule has 90 valence electrons. The molecule has 1 N–H and O–H groups in total. The van der Waals surface area contributed by atoms with E-state index in [0.29, 0.717) is 0 Å². The van der Waals surface area contributed by atoms with Gasteiger partial charge in [0.2, 0.25) is 0 Å². The number of thiazole rings is 1. The smallest absolute Gasteiger partial charge is 0.107 e. The zero-order valence-electron chi connectivity index (χ0n) is 10.1. The van der Waals surface area contributed by atoms with Crippen LogP contribution in [0, 0.1) is 6.92 Å². The van der Waals surface area contributed by atoms with Crippen molar-refractivity contribution in [2.45, 2.75) is 32.4 Å². The molecule has 1 saturated carbocycles. The quantitative estimate of drug-likeness (QED) is 0.901. The number of nitrogens with one attached hydrogen (secondary N) is 1. The van der Waals surface area contributed by atoms with Crippen LogP contribution in [-0.2, 0) is 13.6 Å². The van der Waals surface area contributed by atoms with Crippen molar-refractivity contribution in [3.8, 4) is 11.3 Å². The molecule has 17 heavy (non-hydrogen) atoms. The maximum atomic E-state index is 4.66. The highest BCUT2D eigenvalue weighted by Crippen LogP contribution is 2.25. The summed E-state index contributed by atoms with van der Waals surface area (Å²) in [5.74, 6) is 0. The van der Waals surface area contributed by atoms with Crippen molar-refractivity contribution >= 4 is 11.3 Å². The average Bonchev–Trinajstić information content (AvgIpc) is 2.90. The number of rotatable bonds is 4. The van der Waals surface area contributed by atoms with E-state index in [1.165, 1.54) is 12.8 Å². The van der Waals surface area contributed by atoms with Crippen LogP contribution in [0.5, 0.6) is 0 Å². The Morgan fingerprint density at radius 2 is 2.35 bits per heavy atom. The van der Waals surface area contributed by atoms with Gasteiger partial charge in [0.1, 0.15) is 5.01 Å². The lowest BCUT2D eigenvalue weighted by Crippen LogP contribution is -2.14. The molecule has 0 spiro atoms. The Labute approximate surface area is 105 Å². The lowest BCUT2D eigenvalue weighted by molar-refractivity contribution is 0.685. The van der Waals surface area contributed by atoms with E-state index in [1.807, 2.05) is 24.9 Å². The topological polar surface area (TPSA) is 42.7 Å². The van der Waals surface area contributed by atoms with Crippen LogP contribution in [0.2, 0.25) is 0 Å². The number of aryl methyl sites for hydroxylation is 2. The second-order valence-electron chi connectivity index (χ2n) is 4.58. The molecule has 0 amide bonds. The fraction of sp³-hybridized carbons (Fsp3) is 0.500. The molecule has 1 fully saturated rings. The Bertz CT molecular complexity index is 524. The van der Waals surface area contributed by atoms with Gasteiger partial charge in [0.25, 0.3) is 0 Å². The third-order valence-electron chi connectivity index (χ3n) is 2.96. The van der Waals surface area contributed by atoms with Gasteiger partial charge < -0.3 is 5.32 Å². The van der Waals surface area contributed by atoms with E-state index in [0.717, 1.165) is 34.5 Å². The number of hydrogen-bond donors (Lipinski definition) is 1. The van der Waals surface area contributed by atoms with Gasteiger partial charge in [-0.1, -0.05) is 0 Å². The molecular weight excluding hydrogens is 232 g/mol. The van der Waals surface area contributed by atoms with Gasteiger partial charge in [-0.25, -0.2) is 4.98 Å². The fourth-order valence-corrected chi connectivity index (χ4v) is 2.63. The highest BCUT2D eigenvalue weighted by Gasteiger charge is 2.20. The molecule has 2 aromatic rings. The van der Waals surface area contributed by atoms with E-state index in [4.69, 9.17) is 0 Å². The first-order valence-electron chi connectivity index (χ1n) is 5.91. The first-order chi connectivity index (χ1) is 8.22. The van der Waals surface area contributed by atoms with Gasteiger partial charge in [-0.05, 0) is 19.8 Å². The molecule has 2 aromatic heterocycles. The minimum Gasteiger partial charge on any atom is -0.308 e. The summed E-state index contributed by atoms with van der Waals surface area (Å²) in [6.45, 7) is 2.92. The van der Waals surface area contributed by atoms with Gasteiger partial charge in [0.05, 0.1) is 11.4 Å². The maximum Gasteiger partial charge on any atom is 0.107 e. The van der Waals surface area contributed by atoms with Crippen LogP contribution in [-0.4, -0.2) is 20.8 Å². The van der Waals surface area contributed by atoms with Crippen LogP contribution in [0.25, 0.3) is 11.3 Å². The number of aromatic nitrogens is 3. The Hall–Kier alpha value is -1.20. The molecular formula is C12H16N4S. The zero-order chi connectivity index (χ0) is 11.8. The molecule has 1 aliphatic rings. The Kier molecular flexibility index (Phi) is 2.72. The van der Waals surface area contributed by atoms with Crippen LogP contribution < -0.4 is 5.32 Å². The number of nitrogens with zero attached hydrogens (tertiary/aromatic N) is 3. The Morgan fingerprint density at radius 3 is 3.00 bits per heavy atom. The number of hydrogen-bond acceptors (Lipinski definition) is 4. The lowest BCUT2D eigenvalue weighted by Gasteiger charge is -1.97. The van der Waals surface area contributed by atoms with Gasteiger partial charge in [0, 0.05) is 36.8 Å². The molecule has 5 heteroatoms. The van der Waals surface area contributed by atoms with Crippen LogP contribution in [0.4, 0.5) is 0 Å². The highest BCUT2D eigenvalue weighted by atomic mass is 32.1. The molecule has 0 bridgehead atoms. The van der Waals surface area contributed by atoms with E-state index < -0.39 is 0 Å². The van der Waals surface area contributed by atoms with E-state index >= 15 is 0 Å². The van der Waals surface area contributed by atoms with Crippen molar-refractivity contribution in [2.24, 2.45) is 7.05 Å². The van der Waals surface area contributed by atoms with Gasteiger partial charge in [-0.3, -0.25) is 4.68 Å². The summed E-state index contributed by atoms with van der Waals surface area (Å²) in [6.07, 6.45) is 4.67. The summed E-state index contributed by atoms with van der Waals surface area (Å²) in [6, 6.07) is 0.738.